The summed E-state index contributed by atoms with van der Waals surface area (Å²) in [6, 6.07) is 6.60. The van der Waals surface area contributed by atoms with Gasteiger partial charge in [-0.2, -0.15) is 0 Å². The average molecular weight is 467 g/mol. The SMILES string of the molecule is CCNC(=NCC1(CO)CC1)NCCCSc1ccc(F)cc1.I. The van der Waals surface area contributed by atoms with E-state index in [1.165, 1.54) is 12.1 Å². The minimum absolute atomic E-state index is 0. The number of nitrogens with zero attached hydrogens (tertiary/aromatic N) is 1. The summed E-state index contributed by atoms with van der Waals surface area (Å²) in [5.74, 6) is 1.59. The van der Waals surface area contributed by atoms with Crippen LogP contribution in [-0.2, 0) is 0 Å². The van der Waals surface area contributed by atoms with Crippen LogP contribution >= 0.6 is 35.7 Å². The van der Waals surface area contributed by atoms with Gasteiger partial charge in [0.15, 0.2) is 5.96 Å². The van der Waals surface area contributed by atoms with E-state index in [4.69, 9.17) is 0 Å². The highest BCUT2D eigenvalue weighted by Gasteiger charge is 2.41. The Bertz CT molecular complexity index is 509. The normalized spacial score (nSPS) is 15.5. The van der Waals surface area contributed by atoms with Crippen LogP contribution in [-0.4, -0.2) is 43.1 Å². The Kier molecular flexibility index (Phi) is 9.99. The molecule has 1 aromatic carbocycles. The summed E-state index contributed by atoms with van der Waals surface area (Å²) in [4.78, 5) is 5.66. The molecule has 4 nitrogen and oxygen atoms in total. The Morgan fingerprint density at radius 2 is 2.00 bits per heavy atom. The Hall–Kier alpha value is -0.540. The molecular formula is C17H27FIN3OS. The maximum Gasteiger partial charge on any atom is 0.191 e. The van der Waals surface area contributed by atoms with Gasteiger partial charge in [-0.05, 0) is 56.2 Å². The van der Waals surface area contributed by atoms with Crippen molar-refractivity contribution in [2.45, 2.75) is 31.1 Å². The highest BCUT2D eigenvalue weighted by Crippen LogP contribution is 2.45. The highest BCUT2D eigenvalue weighted by molar-refractivity contribution is 14.0. The number of aliphatic hydroxyl groups excluding tert-OH is 1. The molecule has 0 amide bonds. The average Bonchev–Trinajstić information content (AvgIpc) is 3.34. The Balaban J connectivity index is 0.00000288. The first-order valence-electron chi connectivity index (χ1n) is 8.19. The number of hydrogen-bond acceptors (Lipinski definition) is 3. The van der Waals surface area contributed by atoms with E-state index < -0.39 is 0 Å². The first kappa shape index (κ1) is 21.5. The summed E-state index contributed by atoms with van der Waals surface area (Å²) in [5, 5.41) is 15.9. The van der Waals surface area contributed by atoms with Crippen molar-refractivity contribution < 1.29 is 9.50 Å². The van der Waals surface area contributed by atoms with Crippen molar-refractivity contribution in [1.82, 2.24) is 10.6 Å². The van der Waals surface area contributed by atoms with Gasteiger partial charge in [-0.15, -0.1) is 35.7 Å². The van der Waals surface area contributed by atoms with Crippen molar-refractivity contribution in [3.63, 3.8) is 0 Å². The van der Waals surface area contributed by atoms with E-state index in [1.807, 2.05) is 19.1 Å². The Morgan fingerprint density at radius 3 is 2.58 bits per heavy atom. The summed E-state index contributed by atoms with van der Waals surface area (Å²) in [6.07, 6.45) is 3.14. The molecule has 0 radical (unpaired) electrons. The molecule has 7 heteroatoms. The zero-order valence-corrected chi connectivity index (χ0v) is 17.2. The van der Waals surface area contributed by atoms with Crippen LogP contribution in [0.2, 0.25) is 0 Å². The maximum absolute atomic E-state index is 12.8. The maximum atomic E-state index is 12.8. The molecule has 2 rings (SSSR count). The molecule has 24 heavy (non-hydrogen) atoms. The second kappa shape index (κ2) is 11.1. The standard InChI is InChI=1S/C17H26FN3OS.HI/c1-2-19-16(21-12-17(13-22)8-9-17)20-10-3-11-23-15-6-4-14(18)5-7-15;/h4-7,22H,2-3,8-13H2,1H3,(H2,19,20,21);1H. The molecule has 1 aromatic rings. The number of aliphatic hydroxyl groups is 1. The second-order valence-electron chi connectivity index (χ2n) is 5.94. The third-order valence-corrected chi connectivity index (χ3v) is 5.00. The Labute approximate surface area is 165 Å². The van der Waals surface area contributed by atoms with E-state index in [1.54, 1.807) is 11.8 Å². The molecule has 136 valence electrons. The van der Waals surface area contributed by atoms with Crippen LogP contribution in [0, 0.1) is 11.2 Å². The molecule has 3 N–H and O–H groups in total. The molecule has 0 atom stereocenters. The van der Waals surface area contributed by atoms with Crippen LogP contribution < -0.4 is 10.6 Å². The third-order valence-electron chi connectivity index (χ3n) is 3.91. The van der Waals surface area contributed by atoms with Gasteiger partial charge >= 0.3 is 0 Å². The van der Waals surface area contributed by atoms with Crippen molar-refractivity contribution >= 4 is 41.7 Å². The number of thioether (sulfide) groups is 1. The topological polar surface area (TPSA) is 56.7 Å². The van der Waals surface area contributed by atoms with Gasteiger partial charge in [0.05, 0.1) is 13.2 Å². The summed E-state index contributed by atoms with van der Waals surface area (Å²) < 4.78 is 12.8. The summed E-state index contributed by atoms with van der Waals surface area (Å²) in [6.45, 7) is 4.61. The third kappa shape index (κ3) is 7.57. The van der Waals surface area contributed by atoms with Gasteiger partial charge in [0, 0.05) is 23.4 Å². The molecule has 1 aliphatic carbocycles. The number of nitrogens with one attached hydrogen (secondary N) is 2. The van der Waals surface area contributed by atoms with Gasteiger partial charge < -0.3 is 15.7 Å². The van der Waals surface area contributed by atoms with Crippen LogP contribution in [0.25, 0.3) is 0 Å². The van der Waals surface area contributed by atoms with E-state index in [9.17, 15) is 9.50 Å². The van der Waals surface area contributed by atoms with Gasteiger partial charge in [-0.25, -0.2) is 4.39 Å². The van der Waals surface area contributed by atoms with Crippen LogP contribution in [0.15, 0.2) is 34.2 Å². The lowest BCUT2D eigenvalue weighted by atomic mass is 10.1. The van der Waals surface area contributed by atoms with E-state index >= 15 is 0 Å². The fraction of sp³-hybridized carbons (Fsp3) is 0.588. The molecular weight excluding hydrogens is 440 g/mol. The molecule has 0 saturated heterocycles. The van der Waals surface area contributed by atoms with Gasteiger partial charge in [0.1, 0.15) is 5.82 Å². The van der Waals surface area contributed by atoms with Crippen molar-refractivity contribution in [2.75, 3.05) is 32.0 Å². The minimum Gasteiger partial charge on any atom is -0.396 e. The second-order valence-corrected chi connectivity index (χ2v) is 7.10. The minimum atomic E-state index is -0.196. The van der Waals surface area contributed by atoms with Gasteiger partial charge in [0.25, 0.3) is 0 Å². The van der Waals surface area contributed by atoms with E-state index in [0.717, 1.165) is 49.0 Å². The van der Waals surface area contributed by atoms with E-state index in [-0.39, 0.29) is 41.8 Å². The smallest absolute Gasteiger partial charge is 0.191 e. The molecule has 0 spiro atoms. The van der Waals surface area contributed by atoms with Crippen LogP contribution in [0.3, 0.4) is 0 Å². The fourth-order valence-electron chi connectivity index (χ4n) is 2.13. The van der Waals surface area contributed by atoms with E-state index in [0.29, 0.717) is 6.54 Å². The lowest BCUT2D eigenvalue weighted by molar-refractivity contribution is 0.217. The monoisotopic (exact) mass is 467 g/mol. The lowest BCUT2D eigenvalue weighted by Gasteiger charge is -2.13. The first-order valence-corrected chi connectivity index (χ1v) is 9.17. The molecule has 0 unspecified atom stereocenters. The van der Waals surface area contributed by atoms with E-state index in [2.05, 4.69) is 15.6 Å². The zero-order chi connectivity index (χ0) is 16.5. The van der Waals surface area contributed by atoms with Crippen LogP contribution in [0.5, 0.6) is 0 Å². The van der Waals surface area contributed by atoms with Gasteiger partial charge in [-0.3, -0.25) is 4.99 Å². The number of guanidine groups is 1. The van der Waals surface area contributed by atoms with Crippen molar-refractivity contribution in [3.05, 3.63) is 30.1 Å². The zero-order valence-electron chi connectivity index (χ0n) is 14.1. The number of benzene rings is 1. The lowest BCUT2D eigenvalue weighted by Crippen LogP contribution is -2.38. The number of halogens is 2. The highest BCUT2D eigenvalue weighted by atomic mass is 127. The van der Waals surface area contributed by atoms with Gasteiger partial charge in [-0.1, -0.05) is 0 Å². The summed E-state index contributed by atoms with van der Waals surface area (Å²) in [5.41, 5.74) is 0.0424. The molecule has 1 fully saturated rings. The number of aliphatic imine (C=N–C) groups is 1. The molecule has 0 aromatic heterocycles. The predicted octanol–water partition coefficient (Wildman–Crippen LogP) is 3.25. The van der Waals surface area contributed by atoms with Crippen molar-refractivity contribution in [2.24, 2.45) is 10.4 Å². The number of rotatable bonds is 9. The number of hydrogen-bond donors (Lipinski definition) is 3. The first-order chi connectivity index (χ1) is 11.2. The van der Waals surface area contributed by atoms with Crippen molar-refractivity contribution in [3.8, 4) is 0 Å². The largest absolute Gasteiger partial charge is 0.396 e. The van der Waals surface area contributed by atoms with Crippen LogP contribution in [0.4, 0.5) is 4.39 Å². The molecule has 0 bridgehead atoms. The van der Waals surface area contributed by atoms with Crippen molar-refractivity contribution in [1.29, 1.82) is 0 Å². The van der Waals surface area contributed by atoms with Crippen LogP contribution in [0.1, 0.15) is 26.2 Å². The van der Waals surface area contributed by atoms with Gasteiger partial charge in [0.2, 0.25) is 0 Å². The fourth-order valence-corrected chi connectivity index (χ4v) is 2.98. The summed E-state index contributed by atoms with van der Waals surface area (Å²) >= 11 is 1.73. The molecule has 1 saturated carbocycles. The molecule has 0 aliphatic heterocycles. The summed E-state index contributed by atoms with van der Waals surface area (Å²) in [7, 11) is 0. The molecule has 0 heterocycles. The predicted molar refractivity (Wildman–Crippen MR) is 110 cm³/mol. The quantitative estimate of drug-likeness (QED) is 0.172. The molecule has 1 aliphatic rings. The Morgan fingerprint density at radius 1 is 1.29 bits per heavy atom.